The fourth-order valence-corrected chi connectivity index (χ4v) is 2.50. The van der Waals surface area contributed by atoms with Gasteiger partial charge >= 0.3 is 0 Å². The van der Waals surface area contributed by atoms with E-state index in [1.807, 2.05) is 6.92 Å². The summed E-state index contributed by atoms with van der Waals surface area (Å²) in [6.45, 7) is 1.84. The van der Waals surface area contributed by atoms with Gasteiger partial charge in [0.15, 0.2) is 0 Å². The summed E-state index contributed by atoms with van der Waals surface area (Å²) in [5, 5.41) is 2.29. The average Bonchev–Trinajstić information content (AvgIpc) is 2.81. The van der Waals surface area contributed by atoms with Crippen LogP contribution in [0.25, 0.3) is 0 Å². The molecule has 1 unspecified atom stereocenters. The minimum atomic E-state index is -0.405. The molecule has 18 heavy (non-hydrogen) atoms. The van der Waals surface area contributed by atoms with E-state index in [9.17, 15) is 14.4 Å². The van der Waals surface area contributed by atoms with E-state index in [1.165, 1.54) is 5.01 Å². The van der Waals surface area contributed by atoms with Crippen molar-refractivity contribution in [2.24, 2.45) is 0 Å². The third kappa shape index (κ3) is 1.30. The molecule has 1 aromatic rings. The Morgan fingerprint density at radius 3 is 2.06 bits per heavy atom. The molecular formula is C13H12N2O3. The molecule has 0 bridgehead atoms. The Bertz CT molecular complexity index is 532. The van der Waals surface area contributed by atoms with E-state index in [0.717, 1.165) is 5.01 Å². The SMILES string of the molecule is CC1CCC(=O)N1N1C(=O)c2ccccc2C1=O. The van der Waals surface area contributed by atoms with Crippen LogP contribution >= 0.6 is 0 Å². The second-order valence-corrected chi connectivity index (χ2v) is 4.59. The topological polar surface area (TPSA) is 57.7 Å². The molecule has 5 heteroatoms. The molecule has 3 rings (SSSR count). The lowest BCUT2D eigenvalue weighted by Crippen LogP contribution is -2.50. The van der Waals surface area contributed by atoms with E-state index in [4.69, 9.17) is 0 Å². The van der Waals surface area contributed by atoms with Crippen LogP contribution in [-0.2, 0) is 4.79 Å². The molecule has 5 nitrogen and oxygen atoms in total. The van der Waals surface area contributed by atoms with Crippen LogP contribution in [0.1, 0.15) is 40.5 Å². The van der Waals surface area contributed by atoms with Gasteiger partial charge in [0, 0.05) is 6.42 Å². The lowest BCUT2D eigenvalue weighted by molar-refractivity contribution is -0.138. The van der Waals surface area contributed by atoms with Gasteiger partial charge in [0.1, 0.15) is 0 Å². The van der Waals surface area contributed by atoms with Gasteiger partial charge in [-0.1, -0.05) is 12.1 Å². The number of hydrogen-bond acceptors (Lipinski definition) is 3. The van der Waals surface area contributed by atoms with Gasteiger partial charge in [-0.05, 0) is 25.5 Å². The lowest BCUT2D eigenvalue weighted by atomic mass is 10.1. The summed E-state index contributed by atoms with van der Waals surface area (Å²) in [5.41, 5.74) is 0.740. The lowest BCUT2D eigenvalue weighted by Gasteiger charge is -2.29. The van der Waals surface area contributed by atoms with Crippen molar-refractivity contribution >= 4 is 17.7 Å². The smallest absolute Gasteiger partial charge is 0.273 e. The number of rotatable bonds is 1. The number of nitrogens with zero attached hydrogens (tertiary/aromatic N) is 2. The van der Waals surface area contributed by atoms with Gasteiger partial charge < -0.3 is 0 Å². The molecule has 2 heterocycles. The summed E-state index contributed by atoms with van der Waals surface area (Å²) in [6.07, 6.45) is 1.06. The predicted octanol–water partition coefficient (Wildman–Crippen LogP) is 1.21. The van der Waals surface area contributed by atoms with E-state index < -0.39 is 11.8 Å². The first-order valence-corrected chi connectivity index (χ1v) is 5.91. The van der Waals surface area contributed by atoms with Gasteiger partial charge in [-0.25, -0.2) is 5.01 Å². The molecule has 0 aliphatic carbocycles. The Hall–Kier alpha value is -2.17. The minimum absolute atomic E-state index is 0.111. The van der Waals surface area contributed by atoms with E-state index in [0.29, 0.717) is 24.0 Å². The molecule has 3 amide bonds. The van der Waals surface area contributed by atoms with Crippen molar-refractivity contribution in [3.63, 3.8) is 0 Å². The number of carbonyl (C=O) groups excluding carboxylic acids is 3. The van der Waals surface area contributed by atoms with Crippen LogP contribution in [0.4, 0.5) is 0 Å². The zero-order chi connectivity index (χ0) is 12.9. The molecule has 0 N–H and O–H groups in total. The van der Waals surface area contributed by atoms with Gasteiger partial charge in [0.2, 0.25) is 5.91 Å². The van der Waals surface area contributed by atoms with E-state index in [1.54, 1.807) is 24.3 Å². The van der Waals surface area contributed by atoms with Crippen LogP contribution < -0.4 is 0 Å². The molecule has 2 aliphatic heterocycles. The largest absolute Gasteiger partial charge is 0.280 e. The number of hydrazine groups is 1. The molecule has 0 saturated carbocycles. The molecule has 1 atom stereocenters. The first-order chi connectivity index (χ1) is 8.61. The van der Waals surface area contributed by atoms with Crippen LogP contribution in [0.2, 0.25) is 0 Å². The minimum Gasteiger partial charge on any atom is -0.273 e. The highest BCUT2D eigenvalue weighted by Gasteiger charge is 2.44. The van der Waals surface area contributed by atoms with E-state index in [-0.39, 0.29) is 11.9 Å². The Labute approximate surface area is 104 Å². The zero-order valence-corrected chi connectivity index (χ0v) is 9.92. The third-order valence-corrected chi connectivity index (χ3v) is 3.44. The van der Waals surface area contributed by atoms with E-state index >= 15 is 0 Å². The van der Waals surface area contributed by atoms with Crippen molar-refractivity contribution in [2.75, 3.05) is 0 Å². The summed E-state index contributed by atoms with van der Waals surface area (Å²) in [7, 11) is 0. The number of amides is 3. The van der Waals surface area contributed by atoms with Crippen LogP contribution in [-0.4, -0.2) is 33.8 Å². The summed E-state index contributed by atoms with van der Waals surface area (Å²) < 4.78 is 0. The Kier molecular flexibility index (Phi) is 2.23. The van der Waals surface area contributed by atoms with Crippen molar-refractivity contribution in [2.45, 2.75) is 25.8 Å². The number of carbonyl (C=O) groups is 3. The number of fused-ring (bicyclic) bond motifs is 1. The van der Waals surface area contributed by atoms with Gasteiger partial charge in [-0.2, -0.15) is 5.01 Å². The highest BCUT2D eigenvalue weighted by atomic mass is 16.2. The van der Waals surface area contributed by atoms with Crippen LogP contribution in [0.5, 0.6) is 0 Å². The maximum absolute atomic E-state index is 12.2. The molecule has 0 spiro atoms. The average molecular weight is 244 g/mol. The monoisotopic (exact) mass is 244 g/mol. The normalized spacial score (nSPS) is 22.9. The first kappa shape index (κ1) is 11.0. The standard InChI is InChI=1S/C13H12N2O3/c1-8-6-7-11(16)14(8)15-12(17)9-4-2-3-5-10(9)13(15)18/h2-5,8H,6-7H2,1H3. The van der Waals surface area contributed by atoms with Gasteiger partial charge in [-0.3, -0.25) is 14.4 Å². The van der Waals surface area contributed by atoms with Crippen molar-refractivity contribution in [1.29, 1.82) is 0 Å². The first-order valence-electron chi connectivity index (χ1n) is 5.91. The number of hydrogen-bond donors (Lipinski definition) is 0. The maximum Gasteiger partial charge on any atom is 0.280 e. The van der Waals surface area contributed by atoms with Crippen molar-refractivity contribution in [3.05, 3.63) is 35.4 Å². The Morgan fingerprint density at radius 1 is 1.06 bits per heavy atom. The molecule has 1 fully saturated rings. The Balaban J connectivity index is 2.04. The maximum atomic E-state index is 12.2. The van der Waals surface area contributed by atoms with Crippen molar-refractivity contribution < 1.29 is 14.4 Å². The zero-order valence-electron chi connectivity index (χ0n) is 9.92. The summed E-state index contributed by atoms with van der Waals surface area (Å²) in [6, 6.07) is 6.53. The second kappa shape index (κ2) is 3.66. The summed E-state index contributed by atoms with van der Waals surface area (Å²) in [5.74, 6) is -0.979. The molecule has 0 aromatic heterocycles. The van der Waals surface area contributed by atoms with Gasteiger partial charge in [0.25, 0.3) is 11.8 Å². The Morgan fingerprint density at radius 2 is 1.61 bits per heavy atom. The summed E-state index contributed by atoms with van der Waals surface area (Å²) >= 11 is 0. The van der Waals surface area contributed by atoms with Crippen LogP contribution in [0.15, 0.2) is 24.3 Å². The molecule has 92 valence electrons. The van der Waals surface area contributed by atoms with Crippen LogP contribution in [0.3, 0.4) is 0 Å². The highest BCUT2D eigenvalue weighted by Crippen LogP contribution is 2.29. The molecule has 2 aliphatic rings. The molecule has 1 saturated heterocycles. The summed E-state index contributed by atoms with van der Waals surface area (Å²) in [4.78, 5) is 36.2. The van der Waals surface area contributed by atoms with Crippen molar-refractivity contribution in [1.82, 2.24) is 10.0 Å². The molecular weight excluding hydrogens is 232 g/mol. The fourth-order valence-electron chi connectivity index (χ4n) is 2.50. The predicted molar refractivity (Wildman–Crippen MR) is 62.5 cm³/mol. The van der Waals surface area contributed by atoms with Crippen molar-refractivity contribution in [3.8, 4) is 0 Å². The fraction of sp³-hybridized carbons (Fsp3) is 0.308. The van der Waals surface area contributed by atoms with Crippen LogP contribution in [0, 0.1) is 0 Å². The van der Waals surface area contributed by atoms with Gasteiger partial charge in [-0.15, -0.1) is 0 Å². The number of imide groups is 1. The third-order valence-electron chi connectivity index (χ3n) is 3.44. The molecule has 0 radical (unpaired) electrons. The quantitative estimate of drug-likeness (QED) is 0.698. The highest BCUT2D eigenvalue weighted by molar-refractivity contribution is 6.21. The molecule has 1 aromatic carbocycles. The van der Waals surface area contributed by atoms with Gasteiger partial charge in [0.05, 0.1) is 17.2 Å². The van der Waals surface area contributed by atoms with E-state index in [2.05, 4.69) is 0 Å². The number of benzene rings is 1. The second-order valence-electron chi connectivity index (χ2n) is 4.59.